The molecule has 0 fully saturated rings. The van der Waals surface area contributed by atoms with Crippen LogP contribution in [-0.4, -0.2) is 32.5 Å². The van der Waals surface area contributed by atoms with Crippen LogP contribution in [-0.2, 0) is 9.47 Å². The molecule has 0 radical (unpaired) electrons. The second-order valence-electron chi connectivity index (χ2n) is 4.73. The number of benzene rings is 1. The van der Waals surface area contributed by atoms with Gasteiger partial charge in [0.05, 0.1) is 24.9 Å². The van der Waals surface area contributed by atoms with Gasteiger partial charge in [-0.15, -0.1) is 0 Å². The number of nitrogens with one attached hydrogen (secondary N) is 1. The topological polar surface area (TPSA) is 30.5 Å². The maximum absolute atomic E-state index is 6.12. The molecule has 3 heteroatoms. The van der Waals surface area contributed by atoms with Crippen molar-refractivity contribution in [2.75, 3.05) is 20.3 Å². The third-order valence-corrected chi connectivity index (χ3v) is 3.21. The molecule has 0 bridgehead atoms. The predicted octanol–water partition coefficient (Wildman–Crippen LogP) is 3.17. The standard InChI is InChI=1S/C16H27NO2/c1-5-15(19-13(3)12-18-6-2)16(17-4)14-10-8-7-9-11-14/h7-11,13,15-17H,5-6,12H2,1-4H3. The summed E-state index contributed by atoms with van der Waals surface area (Å²) in [6.07, 6.45) is 1.24. The minimum atomic E-state index is 0.115. The van der Waals surface area contributed by atoms with Crippen molar-refractivity contribution in [3.05, 3.63) is 35.9 Å². The highest BCUT2D eigenvalue weighted by Gasteiger charge is 2.22. The SMILES string of the molecule is CCOCC(C)OC(CC)C(NC)c1ccccc1. The molecule has 1 aromatic carbocycles. The van der Waals surface area contributed by atoms with E-state index in [2.05, 4.69) is 43.4 Å². The van der Waals surface area contributed by atoms with Gasteiger partial charge in [-0.25, -0.2) is 0 Å². The summed E-state index contributed by atoms with van der Waals surface area (Å²) in [5, 5.41) is 3.37. The summed E-state index contributed by atoms with van der Waals surface area (Å²) in [6, 6.07) is 10.7. The lowest BCUT2D eigenvalue weighted by molar-refractivity contribution is -0.0606. The normalized spacial score (nSPS) is 16.0. The molecule has 0 aliphatic heterocycles. The summed E-state index contributed by atoms with van der Waals surface area (Å²) < 4.78 is 11.5. The highest BCUT2D eigenvalue weighted by atomic mass is 16.5. The molecule has 3 nitrogen and oxygen atoms in total. The van der Waals surface area contributed by atoms with Crippen LogP contribution in [0.15, 0.2) is 30.3 Å². The van der Waals surface area contributed by atoms with Gasteiger partial charge in [0.25, 0.3) is 0 Å². The number of ether oxygens (including phenoxy) is 2. The second-order valence-corrected chi connectivity index (χ2v) is 4.73. The molecular formula is C16H27NO2. The van der Waals surface area contributed by atoms with Gasteiger partial charge in [0.2, 0.25) is 0 Å². The molecule has 0 aromatic heterocycles. The van der Waals surface area contributed by atoms with Crippen molar-refractivity contribution < 1.29 is 9.47 Å². The Morgan fingerprint density at radius 3 is 2.37 bits per heavy atom. The molecule has 1 aromatic rings. The van der Waals surface area contributed by atoms with Crippen molar-refractivity contribution in [2.24, 2.45) is 0 Å². The molecule has 0 aliphatic carbocycles. The van der Waals surface area contributed by atoms with Gasteiger partial charge in [0.1, 0.15) is 0 Å². The quantitative estimate of drug-likeness (QED) is 0.744. The molecule has 19 heavy (non-hydrogen) atoms. The fourth-order valence-electron chi connectivity index (χ4n) is 2.26. The van der Waals surface area contributed by atoms with Crippen LogP contribution in [0.4, 0.5) is 0 Å². The molecule has 0 spiro atoms. The van der Waals surface area contributed by atoms with E-state index >= 15 is 0 Å². The Morgan fingerprint density at radius 2 is 1.84 bits per heavy atom. The van der Waals surface area contributed by atoms with Gasteiger partial charge in [0, 0.05) is 6.61 Å². The highest BCUT2D eigenvalue weighted by Crippen LogP contribution is 2.22. The Kier molecular flexibility index (Phi) is 7.72. The average Bonchev–Trinajstić information content (AvgIpc) is 2.46. The van der Waals surface area contributed by atoms with E-state index in [0.29, 0.717) is 6.61 Å². The minimum Gasteiger partial charge on any atom is -0.379 e. The maximum atomic E-state index is 6.12. The Morgan fingerprint density at radius 1 is 1.16 bits per heavy atom. The van der Waals surface area contributed by atoms with Gasteiger partial charge < -0.3 is 14.8 Å². The molecule has 0 aliphatic rings. The van der Waals surface area contributed by atoms with Gasteiger partial charge in [-0.3, -0.25) is 0 Å². The lowest BCUT2D eigenvalue weighted by Crippen LogP contribution is -2.34. The van der Waals surface area contributed by atoms with Crippen LogP contribution in [0.2, 0.25) is 0 Å². The summed E-state index contributed by atoms with van der Waals surface area (Å²) in [4.78, 5) is 0. The van der Waals surface area contributed by atoms with Crippen LogP contribution in [0.5, 0.6) is 0 Å². The first-order chi connectivity index (χ1) is 9.22. The molecule has 3 unspecified atom stereocenters. The summed E-state index contributed by atoms with van der Waals surface area (Å²) in [5.74, 6) is 0. The van der Waals surface area contributed by atoms with E-state index in [1.165, 1.54) is 5.56 Å². The summed E-state index contributed by atoms with van der Waals surface area (Å²) in [7, 11) is 1.98. The van der Waals surface area contributed by atoms with Gasteiger partial charge in [-0.05, 0) is 32.9 Å². The predicted molar refractivity (Wildman–Crippen MR) is 79.4 cm³/mol. The van der Waals surface area contributed by atoms with Crippen molar-refractivity contribution in [3.63, 3.8) is 0 Å². The smallest absolute Gasteiger partial charge is 0.0785 e. The van der Waals surface area contributed by atoms with Crippen LogP contribution in [0.25, 0.3) is 0 Å². The number of rotatable bonds is 9. The van der Waals surface area contributed by atoms with E-state index in [0.717, 1.165) is 13.0 Å². The molecule has 1 N–H and O–H groups in total. The van der Waals surface area contributed by atoms with Crippen LogP contribution in [0.1, 0.15) is 38.8 Å². The van der Waals surface area contributed by atoms with E-state index in [1.807, 2.05) is 20.0 Å². The lowest BCUT2D eigenvalue weighted by Gasteiger charge is -2.29. The second kappa shape index (κ2) is 9.08. The van der Waals surface area contributed by atoms with Gasteiger partial charge in [-0.1, -0.05) is 37.3 Å². The first-order valence-corrected chi connectivity index (χ1v) is 7.18. The molecule has 0 saturated carbocycles. The van der Waals surface area contributed by atoms with E-state index in [1.54, 1.807) is 0 Å². The lowest BCUT2D eigenvalue weighted by atomic mass is 9.99. The monoisotopic (exact) mass is 265 g/mol. The Balaban J connectivity index is 2.65. The third-order valence-electron chi connectivity index (χ3n) is 3.21. The third kappa shape index (κ3) is 5.31. The fraction of sp³-hybridized carbons (Fsp3) is 0.625. The van der Waals surface area contributed by atoms with E-state index in [-0.39, 0.29) is 18.2 Å². The zero-order valence-corrected chi connectivity index (χ0v) is 12.6. The fourth-order valence-corrected chi connectivity index (χ4v) is 2.26. The van der Waals surface area contributed by atoms with Crippen molar-refractivity contribution in [2.45, 2.75) is 45.4 Å². The minimum absolute atomic E-state index is 0.115. The van der Waals surface area contributed by atoms with Crippen molar-refractivity contribution in [1.82, 2.24) is 5.32 Å². The molecule has 3 atom stereocenters. The van der Waals surface area contributed by atoms with E-state index in [4.69, 9.17) is 9.47 Å². The van der Waals surface area contributed by atoms with Gasteiger partial charge in [0.15, 0.2) is 0 Å². The van der Waals surface area contributed by atoms with E-state index in [9.17, 15) is 0 Å². The van der Waals surface area contributed by atoms with Crippen LogP contribution >= 0.6 is 0 Å². The van der Waals surface area contributed by atoms with Crippen LogP contribution < -0.4 is 5.32 Å². The van der Waals surface area contributed by atoms with Gasteiger partial charge >= 0.3 is 0 Å². The summed E-state index contributed by atoms with van der Waals surface area (Å²) >= 11 is 0. The van der Waals surface area contributed by atoms with E-state index < -0.39 is 0 Å². The molecule has 108 valence electrons. The average molecular weight is 265 g/mol. The number of hydrogen-bond donors (Lipinski definition) is 1. The van der Waals surface area contributed by atoms with Crippen molar-refractivity contribution >= 4 is 0 Å². The molecule has 0 saturated heterocycles. The molecule has 1 rings (SSSR count). The Labute approximate surface area is 117 Å². The van der Waals surface area contributed by atoms with Crippen LogP contribution in [0, 0.1) is 0 Å². The number of hydrogen-bond acceptors (Lipinski definition) is 3. The van der Waals surface area contributed by atoms with Crippen molar-refractivity contribution in [1.29, 1.82) is 0 Å². The van der Waals surface area contributed by atoms with Crippen molar-refractivity contribution in [3.8, 4) is 0 Å². The molecule has 0 amide bonds. The summed E-state index contributed by atoms with van der Waals surface area (Å²) in [6.45, 7) is 7.61. The first kappa shape index (κ1) is 16.2. The summed E-state index contributed by atoms with van der Waals surface area (Å²) in [5.41, 5.74) is 1.26. The van der Waals surface area contributed by atoms with Gasteiger partial charge in [-0.2, -0.15) is 0 Å². The Bertz CT molecular complexity index is 329. The zero-order chi connectivity index (χ0) is 14.1. The van der Waals surface area contributed by atoms with Crippen LogP contribution in [0.3, 0.4) is 0 Å². The molecule has 0 heterocycles. The number of likely N-dealkylation sites (N-methyl/N-ethyl adjacent to an activating group) is 1. The highest BCUT2D eigenvalue weighted by molar-refractivity contribution is 5.20. The molecular weight excluding hydrogens is 238 g/mol. The largest absolute Gasteiger partial charge is 0.379 e. The Hall–Kier alpha value is -0.900. The maximum Gasteiger partial charge on any atom is 0.0785 e. The first-order valence-electron chi connectivity index (χ1n) is 7.18. The zero-order valence-electron chi connectivity index (χ0n) is 12.6.